The molecule has 1 saturated heterocycles. The summed E-state index contributed by atoms with van der Waals surface area (Å²) in [5, 5.41) is 14.2. The average Bonchev–Trinajstić information content (AvgIpc) is 3.49. The first kappa shape index (κ1) is 20.2. The van der Waals surface area contributed by atoms with Gasteiger partial charge in [-0.1, -0.05) is 30.3 Å². The summed E-state index contributed by atoms with van der Waals surface area (Å²) in [6, 6.07) is 9.97. The van der Waals surface area contributed by atoms with Crippen LogP contribution in [-0.2, 0) is 11.3 Å². The summed E-state index contributed by atoms with van der Waals surface area (Å²) in [4.78, 5) is 13.3. The first-order valence-electron chi connectivity index (χ1n) is 10.9. The number of hydrogen-bond donors (Lipinski definition) is 3. The highest BCUT2D eigenvalue weighted by Crippen LogP contribution is 2.33. The molecule has 3 aromatic rings. The van der Waals surface area contributed by atoms with Crippen molar-refractivity contribution in [1.29, 1.82) is 0 Å². The monoisotopic (exact) mass is 424 g/mol. The number of aliphatic hydroxyl groups excluding tert-OH is 1. The standard InChI is InChI=1S/C22H28N6O3/c1-13-18(29)16(24-11-14-7-3-2-4-8-14)21(30-13)28-12-25-17-19(23)26-22(27-20(17)28)31-15-9-5-6-10-15/h2-4,7-8,12-13,15-16,18,21,24,29H,5-6,9-11H2,1H3,(H2,23,26,27)/t13-,16+,18-,21-/m1/s1. The van der Waals surface area contributed by atoms with Gasteiger partial charge in [-0.3, -0.25) is 4.57 Å². The van der Waals surface area contributed by atoms with Crippen LogP contribution in [0.25, 0.3) is 11.2 Å². The molecule has 5 rings (SSSR count). The van der Waals surface area contributed by atoms with Gasteiger partial charge in [-0.2, -0.15) is 9.97 Å². The second kappa shape index (κ2) is 8.41. The third kappa shape index (κ3) is 3.96. The Bertz CT molecular complexity index is 1040. The predicted molar refractivity (Wildman–Crippen MR) is 115 cm³/mol. The lowest BCUT2D eigenvalue weighted by Gasteiger charge is -2.23. The highest BCUT2D eigenvalue weighted by atomic mass is 16.5. The van der Waals surface area contributed by atoms with Gasteiger partial charge in [-0.05, 0) is 38.2 Å². The van der Waals surface area contributed by atoms with Crippen LogP contribution < -0.4 is 15.8 Å². The van der Waals surface area contributed by atoms with E-state index in [0.717, 1.165) is 31.2 Å². The van der Waals surface area contributed by atoms with E-state index in [2.05, 4.69) is 20.3 Å². The highest BCUT2D eigenvalue weighted by Gasteiger charge is 2.43. The van der Waals surface area contributed by atoms with Gasteiger partial charge in [0.05, 0.1) is 24.6 Å². The molecule has 3 heterocycles. The molecule has 9 nitrogen and oxygen atoms in total. The molecule has 0 unspecified atom stereocenters. The normalized spacial score (nSPS) is 26.6. The molecule has 1 saturated carbocycles. The summed E-state index contributed by atoms with van der Waals surface area (Å²) in [5.74, 6) is 0.275. The van der Waals surface area contributed by atoms with Crippen LogP contribution in [0.1, 0.15) is 44.4 Å². The predicted octanol–water partition coefficient (Wildman–Crippen LogP) is 2.17. The second-order valence-corrected chi connectivity index (χ2v) is 8.35. The minimum Gasteiger partial charge on any atom is -0.460 e. The molecule has 4 atom stereocenters. The summed E-state index contributed by atoms with van der Waals surface area (Å²) >= 11 is 0. The summed E-state index contributed by atoms with van der Waals surface area (Å²) < 4.78 is 13.9. The molecule has 4 N–H and O–H groups in total. The van der Waals surface area contributed by atoms with Crippen LogP contribution in [0, 0.1) is 0 Å². The fraction of sp³-hybridized carbons (Fsp3) is 0.500. The molecule has 1 aliphatic carbocycles. The number of aliphatic hydroxyl groups is 1. The molecule has 0 radical (unpaired) electrons. The third-order valence-corrected chi connectivity index (χ3v) is 6.17. The molecule has 9 heteroatoms. The average molecular weight is 425 g/mol. The molecule has 1 aromatic carbocycles. The fourth-order valence-electron chi connectivity index (χ4n) is 4.45. The summed E-state index contributed by atoms with van der Waals surface area (Å²) in [7, 11) is 0. The van der Waals surface area contributed by atoms with E-state index in [0.29, 0.717) is 17.7 Å². The number of hydrogen-bond acceptors (Lipinski definition) is 8. The molecule has 2 aliphatic rings. The molecule has 1 aliphatic heterocycles. The van der Waals surface area contributed by atoms with E-state index in [9.17, 15) is 5.11 Å². The lowest BCUT2D eigenvalue weighted by molar-refractivity contribution is -0.00865. The highest BCUT2D eigenvalue weighted by molar-refractivity contribution is 5.82. The Kier molecular flexibility index (Phi) is 5.47. The molecular weight excluding hydrogens is 396 g/mol. The Morgan fingerprint density at radius 3 is 2.77 bits per heavy atom. The maximum atomic E-state index is 10.8. The van der Waals surface area contributed by atoms with E-state index in [-0.39, 0.29) is 30.1 Å². The van der Waals surface area contributed by atoms with E-state index < -0.39 is 12.3 Å². The Labute approximate surface area is 180 Å². The van der Waals surface area contributed by atoms with E-state index >= 15 is 0 Å². The van der Waals surface area contributed by atoms with Gasteiger partial charge in [0, 0.05) is 6.54 Å². The largest absolute Gasteiger partial charge is 0.460 e. The molecule has 0 bridgehead atoms. The van der Waals surface area contributed by atoms with Gasteiger partial charge in [0.1, 0.15) is 6.10 Å². The third-order valence-electron chi connectivity index (χ3n) is 6.17. The number of benzene rings is 1. The number of fused-ring (bicyclic) bond motifs is 1. The molecule has 0 spiro atoms. The van der Waals surface area contributed by atoms with E-state index in [4.69, 9.17) is 15.2 Å². The van der Waals surface area contributed by atoms with Gasteiger partial charge in [-0.15, -0.1) is 0 Å². The second-order valence-electron chi connectivity index (χ2n) is 8.35. The van der Waals surface area contributed by atoms with Crippen LogP contribution in [-0.4, -0.2) is 49.0 Å². The van der Waals surface area contributed by atoms with Crippen molar-refractivity contribution in [2.45, 2.75) is 69.7 Å². The number of nitrogens with two attached hydrogens (primary N) is 1. The molecule has 164 valence electrons. The summed E-state index contributed by atoms with van der Waals surface area (Å²) in [6.07, 6.45) is 4.56. The van der Waals surface area contributed by atoms with Crippen molar-refractivity contribution in [2.75, 3.05) is 5.73 Å². The maximum Gasteiger partial charge on any atom is 0.320 e. The van der Waals surface area contributed by atoms with Crippen LogP contribution in [0.3, 0.4) is 0 Å². The Balaban J connectivity index is 1.43. The number of rotatable bonds is 6. The Hall–Kier alpha value is -2.75. The number of nitrogens with one attached hydrogen (secondary N) is 1. The fourth-order valence-corrected chi connectivity index (χ4v) is 4.45. The van der Waals surface area contributed by atoms with Gasteiger partial charge in [0.15, 0.2) is 23.2 Å². The molecule has 2 fully saturated rings. The van der Waals surface area contributed by atoms with Crippen LogP contribution in [0.5, 0.6) is 6.01 Å². The maximum absolute atomic E-state index is 10.8. The Morgan fingerprint density at radius 2 is 2.00 bits per heavy atom. The SMILES string of the molecule is C[C@H]1O[C@@H](n2cnc3c(N)nc(OC4CCCC4)nc32)[C@@H](NCc2ccccc2)[C@@H]1O. The van der Waals surface area contributed by atoms with Crippen molar-refractivity contribution in [3.63, 3.8) is 0 Å². The lowest BCUT2D eigenvalue weighted by atomic mass is 10.1. The zero-order chi connectivity index (χ0) is 21.4. The topological polar surface area (TPSA) is 120 Å². The number of imidazole rings is 1. The molecule has 0 amide bonds. The van der Waals surface area contributed by atoms with Gasteiger partial charge < -0.3 is 25.6 Å². The van der Waals surface area contributed by atoms with Crippen molar-refractivity contribution >= 4 is 17.0 Å². The van der Waals surface area contributed by atoms with Crippen LogP contribution in [0.2, 0.25) is 0 Å². The molecular formula is C22H28N6O3. The van der Waals surface area contributed by atoms with Crippen molar-refractivity contribution in [2.24, 2.45) is 0 Å². The van der Waals surface area contributed by atoms with E-state index in [1.165, 1.54) is 0 Å². The number of ether oxygens (including phenoxy) is 2. The smallest absolute Gasteiger partial charge is 0.320 e. The summed E-state index contributed by atoms with van der Waals surface area (Å²) in [5.41, 5.74) is 8.32. The zero-order valence-corrected chi connectivity index (χ0v) is 17.5. The Morgan fingerprint density at radius 1 is 1.23 bits per heavy atom. The van der Waals surface area contributed by atoms with Crippen molar-refractivity contribution in [3.05, 3.63) is 42.2 Å². The number of anilines is 1. The van der Waals surface area contributed by atoms with Gasteiger partial charge in [0.2, 0.25) is 0 Å². The number of nitrogens with zero attached hydrogens (tertiary/aromatic N) is 4. The first-order chi connectivity index (χ1) is 15.1. The zero-order valence-electron chi connectivity index (χ0n) is 17.5. The molecule has 31 heavy (non-hydrogen) atoms. The molecule has 2 aromatic heterocycles. The minimum atomic E-state index is -0.681. The van der Waals surface area contributed by atoms with E-state index in [1.807, 2.05) is 41.8 Å². The quantitative estimate of drug-likeness (QED) is 0.551. The van der Waals surface area contributed by atoms with Gasteiger partial charge in [-0.25, -0.2) is 4.98 Å². The van der Waals surface area contributed by atoms with Crippen molar-refractivity contribution in [1.82, 2.24) is 24.8 Å². The van der Waals surface area contributed by atoms with Crippen molar-refractivity contribution < 1.29 is 14.6 Å². The van der Waals surface area contributed by atoms with Gasteiger partial charge >= 0.3 is 6.01 Å². The van der Waals surface area contributed by atoms with Gasteiger partial charge in [0.25, 0.3) is 0 Å². The minimum absolute atomic E-state index is 0.123. The van der Waals surface area contributed by atoms with Crippen LogP contribution in [0.4, 0.5) is 5.82 Å². The van der Waals surface area contributed by atoms with Crippen LogP contribution in [0.15, 0.2) is 36.7 Å². The lowest BCUT2D eigenvalue weighted by Crippen LogP contribution is -2.42. The number of aromatic nitrogens is 4. The summed E-state index contributed by atoms with van der Waals surface area (Å²) in [6.45, 7) is 2.47. The van der Waals surface area contributed by atoms with E-state index in [1.54, 1.807) is 6.33 Å². The number of nitrogen functional groups attached to an aromatic ring is 1. The first-order valence-corrected chi connectivity index (χ1v) is 10.9. The van der Waals surface area contributed by atoms with Crippen LogP contribution >= 0.6 is 0 Å². The van der Waals surface area contributed by atoms with Crippen molar-refractivity contribution in [3.8, 4) is 6.01 Å².